The van der Waals surface area contributed by atoms with Crippen molar-refractivity contribution < 1.29 is 18.0 Å². The summed E-state index contributed by atoms with van der Waals surface area (Å²) < 4.78 is 27.7. The van der Waals surface area contributed by atoms with Crippen molar-refractivity contribution in [2.45, 2.75) is 45.7 Å². The van der Waals surface area contributed by atoms with Crippen LogP contribution in [0.3, 0.4) is 0 Å². The number of aryl methyl sites for hydroxylation is 1. The van der Waals surface area contributed by atoms with Gasteiger partial charge in [0.2, 0.25) is 21.8 Å². The number of benzene rings is 3. The van der Waals surface area contributed by atoms with Gasteiger partial charge in [-0.1, -0.05) is 67.9 Å². The lowest BCUT2D eigenvalue weighted by atomic mass is 10.0. The zero-order valence-corrected chi connectivity index (χ0v) is 25.6. The van der Waals surface area contributed by atoms with Gasteiger partial charge in [0.25, 0.3) is 0 Å². The van der Waals surface area contributed by atoms with Crippen molar-refractivity contribution in [3.63, 3.8) is 0 Å². The Morgan fingerprint density at radius 1 is 0.949 bits per heavy atom. The molecule has 0 saturated carbocycles. The molecule has 0 aliphatic carbocycles. The first kappa shape index (κ1) is 30.6. The van der Waals surface area contributed by atoms with Crippen molar-refractivity contribution in [1.82, 2.24) is 10.2 Å². The highest BCUT2D eigenvalue weighted by molar-refractivity contribution is 14.1. The van der Waals surface area contributed by atoms with Gasteiger partial charge in [0, 0.05) is 23.1 Å². The number of carbonyl (C=O) groups is 2. The van der Waals surface area contributed by atoms with Gasteiger partial charge >= 0.3 is 0 Å². The molecule has 3 aromatic rings. The van der Waals surface area contributed by atoms with E-state index in [1.165, 1.54) is 4.90 Å². The molecule has 0 saturated heterocycles. The first-order valence-corrected chi connectivity index (χ1v) is 15.9. The highest BCUT2D eigenvalue weighted by Gasteiger charge is 2.33. The van der Waals surface area contributed by atoms with Crippen molar-refractivity contribution >= 4 is 50.1 Å². The Labute approximate surface area is 245 Å². The van der Waals surface area contributed by atoms with Crippen molar-refractivity contribution in [2.75, 3.05) is 23.7 Å². The fraction of sp³-hybridized carbons (Fsp3) is 0.333. The summed E-state index contributed by atoms with van der Waals surface area (Å²) in [5, 5.41) is 3.00. The summed E-state index contributed by atoms with van der Waals surface area (Å²) in [7, 11) is -3.78. The summed E-state index contributed by atoms with van der Waals surface area (Å²) in [4.78, 5) is 29.2. The van der Waals surface area contributed by atoms with E-state index in [4.69, 9.17) is 0 Å². The van der Waals surface area contributed by atoms with E-state index in [1.54, 1.807) is 24.3 Å². The molecule has 0 aromatic heterocycles. The smallest absolute Gasteiger partial charge is 0.244 e. The van der Waals surface area contributed by atoms with Crippen LogP contribution in [0.25, 0.3) is 0 Å². The number of nitrogens with one attached hydrogen (secondary N) is 1. The molecule has 7 nitrogen and oxygen atoms in total. The van der Waals surface area contributed by atoms with Crippen LogP contribution in [0.1, 0.15) is 36.5 Å². The number of rotatable bonds is 13. The molecule has 0 bridgehead atoms. The van der Waals surface area contributed by atoms with E-state index in [2.05, 4.69) is 27.9 Å². The SMILES string of the molecule is CCCCNC(=O)[C@@H](Cc1ccccc1)N(Cc1ccccc1C)C(=O)CN(c1ccc(I)cc1)S(C)(=O)=O. The van der Waals surface area contributed by atoms with Gasteiger partial charge in [-0.05, 0) is 76.9 Å². The summed E-state index contributed by atoms with van der Waals surface area (Å²) in [5.41, 5.74) is 3.19. The maximum absolute atomic E-state index is 14.1. The molecule has 0 aliphatic rings. The number of unbranched alkanes of at least 4 members (excludes halogenated alkanes) is 1. The number of nitrogens with zero attached hydrogens (tertiary/aromatic N) is 2. The summed E-state index contributed by atoms with van der Waals surface area (Å²) in [5.74, 6) is -0.705. The van der Waals surface area contributed by atoms with Gasteiger partial charge in [-0.25, -0.2) is 8.42 Å². The maximum Gasteiger partial charge on any atom is 0.244 e. The third kappa shape index (κ3) is 9.06. The predicted octanol–water partition coefficient (Wildman–Crippen LogP) is 4.92. The molecule has 1 N–H and O–H groups in total. The number of anilines is 1. The lowest BCUT2D eigenvalue weighted by Gasteiger charge is -2.34. The van der Waals surface area contributed by atoms with Crippen LogP contribution in [0, 0.1) is 10.5 Å². The van der Waals surface area contributed by atoms with Crippen molar-refractivity contribution in [1.29, 1.82) is 0 Å². The standard InChI is InChI=1S/C30H36IN3O4S/c1-4-5-19-32-30(36)28(20-24-12-7-6-8-13-24)33(21-25-14-10-9-11-23(25)2)29(35)22-34(39(3,37)38)27-17-15-26(31)16-18-27/h6-18,28H,4-5,19-22H2,1-3H3,(H,32,36)/t28-/m1/s1. The minimum absolute atomic E-state index is 0.175. The second-order valence-corrected chi connectivity index (χ2v) is 12.7. The summed E-state index contributed by atoms with van der Waals surface area (Å²) >= 11 is 2.14. The highest BCUT2D eigenvalue weighted by atomic mass is 127. The minimum Gasteiger partial charge on any atom is -0.354 e. The molecule has 0 aliphatic heterocycles. The summed E-state index contributed by atoms with van der Waals surface area (Å²) in [6, 6.07) is 23.4. The van der Waals surface area contributed by atoms with Crippen LogP contribution in [0.4, 0.5) is 5.69 Å². The zero-order chi connectivity index (χ0) is 28.4. The first-order chi connectivity index (χ1) is 18.6. The Hall–Kier alpha value is -2.92. The number of sulfonamides is 1. The average molecular weight is 662 g/mol. The van der Waals surface area contributed by atoms with Gasteiger partial charge in [-0.15, -0.1) is 0 Å². The van der Waals surface area contributed by atoms with Gasteiger partial charge in [0.15, 0.2) is 0 Å². The molecule has 0 spiro atoms. The third-order valence-corrected chi connectivity index (χ3v) is 8.36. The number of hydrogen-bond acceptors (Lipinski definition) is 4. The molecule has 0 unspecified atom stereocenters. The highest BCUT2D eigenvalue weighted by Crippen LogP contribution is 2.22. The average Bonchev–Trinajstić information content (AvgIpc) is 2.91. The van der Waals surface area contributed by atoms with Crippen LogP contribution in [0.2, 0.25) is 0 Å². The Balaban J connectivity index is 2.03. The van der Waals surface area contributed by atoms with Crippen molar-refractivity contribution in [2.24, 2.45) is 0 Å². The van der Waals surface area contributed by atoms with E-state index in [-0.39, 0.29) is 12.5 Å². The Kier molecular flexibility index (Phi) is 11.4. The van der Waals surface area contributed by atoms with Crippen LogP contribution < -0.4 is 9.62 Å². The van der Waals surface area contributed by atoms with Crippen LogP contribution >= 0.6 is 22.6 Å². The fourth-order valence-corrected chi connectivity index (χ4v) is 5.46. The molecular weight excluding hydrogens is 625 g/mol. The van der Waals surface area contributed by atoms with Gasteiger partial charge < -0.3 is 10.2 Å². The van der Waals surface area contributed by atoms with Gasteiger partial charge in [-0.2, -0.15) is 0 Å². The van der Waals surface area contributed by atoms with E-state index in [1.807, 2.05) is 68.4 Å². The van der Waals surface area contributed by atoms with E-state index in [9.17, 15) is 18.0 Å². The van der Waals surface area contributed by atoms with Crippen molar-refractivity contribution in [3.05, 3.63) is 99.1 Å². The largest absolute Gasteiger partial charge is 0.354 e. The van der Waals surface area contributed by atoms with Crippen LogP contribution in [0.5, 0.6) is 0 Å². The topological polar surface area (TPSA) is 86.8 Å². The second kappa shape index (κ2) is 14.5. The molecule has 9 heteroatoms. The van der Waals surface area contributed by atoms with Gasteiger partial charge in [-0.3, -0.25) is 13.9 Å². The van der Waals surface area contributed by atoms with E-state index >= 15 is 0 Å². The normalized spacial score (nSPS) is 12.0. The molecule has 208 valence electrons. The number of hydrogen-bond donors (Lipinski definition) is 1. The second-order valence-electron chi connectivity index (χ2n) is 9.54. The molecule has 2 amide bonds. The number of halogens is 1. The van der Waals surface area contributed by atoms with Crippen molar-refractivity contribution in [3.8, 4) is 0 Å². The van der Waals surface area contributed by atoms with Crippen LogP contribution in [-0.4, -0.2) is 50.5 Å². The summed E-state index contributed by atoms with van der Waals surface area (Å²) in [6.45, 7) is 4.27. The molecule has 39 heavy (non-hydrogen) atoms. The quantitative estimate of drug-likeness (QED) is 0.208. The molecule has 0 radical (unpaired) electrons. The number of carbonyl (C=O) groups excluding carboxylic acids is 2. The molecular formula is C30H36IN3O4S. The van der Waals surface area contributed by atoms with Gasteiger partial charge in [0.05, 0.1) is 11.9 Å². The molecule has 0 fully saturated rings. The molecule has 3 aromatic carbocycles. The Morgan fingerprint density at radius 3 is 2.21 bits per heavy atom. The van der Waals surface area contributed by atoms with Gasteiger partial charge in [0.1, 0.15) is 12.6 Å². The molecule has 3 rings (SSSR count). The van der Waals surface area contributed by atoms with Crippen LogP contribution in [0.15, 0.2) is 78.9 Å². The van der Waals surface area contributed by atoms with Crippen LogP contribution in [-0.2, 0) is 32.6 Å². The molecule has 1 atom stereocenters. The van der Waals surface area contributed by atoms with E-state index in [0.29, 0.717) is 18.7 Å². The fourth-order valence-electron chi connectivity index (χ4n) is 4.25. The third-order valence-electron chi connectivity index (χ3n) is 6.50. The summed E-state index contributed by atoms with van der Waals surface area (Å²) in [6.07, 6.45) is 3.14. The lowest BCUT2D eigenvalue weighted by molar-refractivity contribution is -0.140. The lowest BCUT2D eigenvalue weighted by Crippen LogP contribution is -2.53. The zero-order valence-electron chi connectivity index (χ0n) is 22.6. The Morgan fingerprint density at radius 2 is 1.59 bits per heavy atom. The predicted molar refractivity (Wildman–Crippen MR) is 165 cm³/mol. The van der Waals surface area contributed by atoms with E-state index in [0.717, 1.165) is 43.7 Å². The maximum atomic E-state index is 14.1. The number of amides is 2. The first-order valence-electron chi connectivity index (χ1n) is 13.0. The van der Waals surface area contributed by atoms with E-state index < -0.39 is 28.5 Å². The molecule has 0 heterocycles. The minimum atomic E-state index is -3.78. The monoisotopic (exact) mass is 661 g/mol. The Bertz CT molecular complexity index is 1350.